The number of likely N-dealkylation sites (tertiary alicyclic amines) is 1. The highest BCUT2D eigenvalue weighted by Gasteiger charge is 2.14. The van der Waals surface area contributed by atoms with Crippen molar-refractivity contribution in [3.05, 3.63) is 29.6 Å². The number of nitrogens with zero attached hydrogens (tertiary/aromatic N) is 3. The minimum Gasteiger partial charge on any atom is -0.330 e. The molecule has 4 nitrogen and oxygen atoms in total. The molecule has 1 aromatic carbocycles. The van der Waals surface area contributed by atoms with Gasteiger partial charge >= 0.3 is 0 Å². The van der Waals surface area contributed by atoms with E-state index in [0.29, 0.717) is 6.54 Å². The van der Waals surface area contributed by atoms with Crippen molar-refractivity contribution in [1.29, 1.82) is 0 Å². The van der Waals surface area contributed by atoms with E-state index >= 15 is 0 Å². The second-order valence-electron chi connectivity index (χ2n) is 5.76. The van der Waals surface area contributed by atoms with Gasteiger partial charge in [-0.05, 0) is 57.1 Å². The van der Waals surface area contributed by atoms with E-state index in [9.17, 15) is 0 Å². The zero-order valence-electron chi connectivity index (χ0n) is 12.3. The SMILES string of the molecule is Cc1ccc2c(c1)nc(CCN)n2CCN1CCCC1. The molecule has 108 valence electrons. The van der Waals surface area contributed by atoms with Crippen molar-refractivity contribution in [3.63, 3.8) is 0 Å². The lowest BCUT2D eigenvalue weighted by Crippen LogP contribution is -2.25. The molecule has 2 heterocycles. The van der Waals surface area contributed by atoms with Crippen LogP contribution in [-0.4, -0.2) is 40.6 Å². The molecule has 0 aliphatic carbocycles. The molecule has 0 unspecified atom stereocenters. The summed E-state index contributed by atoms with van der Waals surface area (Å²) in [6, 6.07) is 6.53. The predicted octanol–water partition coefficient (Wildman–Crippen LogP) is 1.94. The zero-order valence-corrected chi connectivity index (χ0v) is 12.3. The first kappa shape index (κ1) is 13.6. The van der Waals surface area contributed by atoms with Crippen LogP contribution in [0.1, 0.15) is 24.2 Å². The second-order valence-corrected chi connectivity index (χ2v) is 5.76. The van der Waals surface area contributed by atoms with Crippen molar-refractivity contribution in [2.24, 2.45) is 5.73 Å². The Balaban J connectivity index is 1.87. The summed E-state index contributed by atoms with van der Waals surface area (Å²) >= 11 is 0. The van der Waals surface area contributed by atoms with Crippen LogP contribution in [0.2, 0.25) is 0 Å². The molecule has 1 aromatic heterocycles. The Bertz CT molecular complexity index is 581. The monoisotopic (exact) mass is 272 g/mol. The third-order valence-electron chi connectivity index (χ3n) is 4.19. The predicted molar refractivity (Wildman–Crippen MR) is 82.9 cm³/mol. The molecule has 2 N–H and O–H groups in total. The fourth-order valence-corrected chi connectivity index (χ4v) is 3.11. The van der Waals surface area contributed by atoms with Gasteiger partial charge in [-0.1, -0.05) is 6.07 Å². The highest BCUT2D eigenvalue weighted by atomic mass is 15.2. The molecule has 2 aromatic rings. The molecule has 1 aliphatic heterocycles. The lowest BCUT2D eigenvalue weighted by molar-refractivity contribution is 0.322. The van der Waals surface area contributed by atoms with Gasteiger partial charge in [0.25, 0.3) is 0 Å². The normalized spacial score (nSPS) is 16.3. The van der Waals surface area contributed by atoms with Crippen LogP contribution in [0.3, 0.4) is 0 Å². The number of benzene rings is 1. The molecule has 0 atom stereocenters. The van der Waals surface area contributed by atoms with Crippen molar-refractivity contribution in [2.75, 3.05) is 26.2 Å². The summed E-state index contributed by atoms with van der Waals surface area (Å²) in [5, 5.41) is 0. The Morgan fingerprint density at radius 2 is 2.00 bits per heavy atom. The van der Waals surface area contributed by atoms with Crippen molar-refractivity contribution in [3.8, 4) is 0 Å². The fourth-order valence-electron chi connectivity index (χ4n) is 3.11. The molecule has 0 bridgehead atoms. The number of hydrogen-bond acceptors (Lipinski definition) is 3. The van der Waals surface area contributed by atoms with E-state index in [4.69, 9.17) is 10.7 Å². The van der Waals surface area contributed by atoms with Gasteiger partial charge in [-0.3, -0.25) is 0 Å². The van der Waals surface area contributed by atoms with Gasteiger partial charge in [0.05, 0.1) is 11.0 Å². The molecule has 1 aliphatic rings. The molecule has 3 rings (SSSR count). The van der Waals surface area contributed by atoms with Crippen LogP contribution in [0, 0.1) is 6.92 Å². The number of hydrogen-bond donors (Lipinski definition) is 1. The van der Waals surface area contributed by atoms with E-state index in [2.05, 4.69) is 34.6 Å². The van der Waals surface area contributed by atoms with Crippen LogP contribution in [0.15, 0.2) is 18.2 Å². The van der Waals surface area contributed by atoms with Gasteiger partial charge in [0.15, 0.2) is 0 Å². The van der Waals surface area contributed by atoms with Gasteiger partial charge in [0, 0.05) is 19.5 Å². The molecule has 1 fully saturated rings. The van der Waals surface area contributed by atoms with Gasteiger partial charge in [-0.15, -0.1) is 0 Å². The molecule has 1 saturated heterocycles. The van der Waals surface area contributed by atoms with E-state index in [-0.39, 0.29) is 0 Å². The lowest BCUT2D eigenvalue weighted by atomic mass is 10.2. The highest BCUT2D eigenvalue weighted by molar-refractivity contribution is 5.76. The topological polar surface area (TPSA) is 47.1 Å². The standard InChI is InChI=1S/C16H24N4/c1-13-4-5-15-14(12-13)18-16(6-7-17)20(15)11-10-19-8-2-3-9-19/h4-5,12H,2-3,6-11,17H2,1H3. The van der Waals surface area contributed by atoms with E-state index < -0.39 is 0 Å². The van der Waals surface area contributed by atoms with Crippen LogP contribution in [0.4, 0.5) is 0 Å². The summed E-state index contributed by atoms with van der Waals surface area (Å²) in [5.74, 6) is 1.13. The summed E-state index contributed by atoms with van der Waals surface area (Å²) in [6.45, 7) is 7.42. The molecule has 20 heavy (non-hydrogen) atoms. The van der Waals surface area contributed by atoms with Crippen molar-refractivity contribution < 1.29 is 0 Å². The molecule has 0 radical (unpaired) electrons. The first-order chi connectivity index (χ1) is 9.78. The summed E-state index contributed by atoms with van der Waals surface area (Å²) in [5.41, 5.74) is 9.36. The van der Waals surface area contributed by atoms with E-state index in [1.165, 1.54) is 37.0 Å². The van der Waals surface area contributed by atoms with Gasteiger partial charge < -0.3 is 15.2 Å². The number of fused-ring (bicyclic) bond motifs is 1. The molecular formula is C16H24N4. The van der Waals surface area contributed by atoms with Crippen molar-refractivity contribution in [2.45, 2.75) is 32.7 Å². The van der Waals surface area contributed by atoms with Crippen LogP contribution < -0.4 is 5.73 Å². The molecule has 4 heteroatoms. The van der Waals surface area contributed by atoms with E-state index in [1.807, 2.05) is 0 Å². The lowest BCUT2D eigenvalue weighted by Gasteiger charge is -2.16. The Labute approximate surface area is 120 Å². The van der Waals surface area contributed by atoms with Crippen LogP contribution in [0.5, 0.6) is 0 Å². The third kappa shape index (κ3) is 2.72. The zero-order chi connectivity index (χ0) is 13.9. The number of aromatic nitrogens is 2. The average molecular weight is 272 g/mol. The van der Waals surface area contributed by atoms with Gasteiger partial charge in [-0.25, -0.2) is 4.98 Å². The van der Waals surface area contributed by atoms with Gasteiger partial charge in [0.1, 0.15) is 5.82 Å². The first-order valence-electron chi connectivity index (χ1n) is 7.66. The first-order valence-corrected chi connectivity index (χ1v) is 7.66. The Kier molecular flexibility index (Phi) is 4.03. The molecule has 0 spiro atoms. The largest absolute Gasteiger partial charge is 0.330 e. The summed E-state index contributed by atoms with van der Waals surface area (Å²) in [7, 11) is 0. The third-order valence-corrected chi connectivity index (χ3v) is 4.19. The van der Waals surface area contributed by atoms with E-state index in [1.54, 1.807) is 0 Å². The number of nitrogens with two attached hydrogens (primary N) is 1. The quantitative estimate of drug-likeness (QED) is 0.905. The van der Waals surface area contributed by atoms with Crippen LogP contribution in [0.25, 0.3) is 11.0 Å². The molecule has 0 amide bonds. The maximum Gasteiger partial charge on any atom is 0.111 e. The summed E-state index contributed by atoms with van der Waals surface area (Å²) < 4.78 is 2.36. The summed E-state index contributed by atoms with van der Waals surface area (Å²) in [4.78, 5) is 7.32. The Morgan fingerprint density at radius 1 is 1.20 bits per heavy atom. The average Bonchev–Trinajstić information content (AvgIpc) is 3.04. The number of aryl methyl sites for hydroxylation is 1. The fraction of sp³-hybridized carbons (Fsp3) is 0.562. The van der Waals surface area contributed by atoms with Crippen LogP contribution in [-0.2, 0) is 13.0 Å². The van der Waals surface area contributed by atoms with Crippen LogP contribution >= 0.6 is 0 Å². The molecular weight excluding hydrogens is 248 g/mol. The summed E-state index contributed by atoms with van der Waals surface area (Å²) in [6.07, 6.45) is 3.55. The Hall–Kier alpha value is -1.39. The maximum absolute atomic E-state index is 5.74. The number of imidazole rings is 1. The van der Waals surface area contributed by atoms with Crippen molar-refractivity contribution in [1.82, 2.24) is 14.5 Å². The van der Waals surface area contributed by atoms with E-state index in [0.717, 1.165) is 30.9 Å². The molecule has 0 saturated carbocycles. The number of rotatable bonds is 5. The maximum atomic E-state index is 5.74. The Morgan fingerprint density at radius 3 is 2.75 bits per heavy atom. The van der Waals surface area contributed by atoms with Gasteiger partial charge in [-0.2, -0.15) is 0 Å². The van der Waals surface area contributed by atoms with Crippen molar-refractivity contribution >= 4 is 11.0 Å². The second kappa shape index (κ2) is 5.94. The minimum absolute atomic E-state index is 0.659. The smallest absolute Gasteiger partial charge is 0.111 e. The minimum atomic E-state index is 0.659. The van der Waals surface area contributed by atoms with Gasteiger partial charge in [0.2, 0.25) is 0 Å². The highest BCUT2D eigenvalue weighted by Crippen LogP contribution is 2.19.